The second-order valence-corrected chi connectivity index (χ2v) is 7.37. The second-order valence-electron chi connectivity index (χ2n) is 7.37. The Bertz CT molecular complexity index is 478. The van der Waals surface area contributed by atoms with Gasteiger partial charge in [0.1, 0.15) is 0 Å². The highest BCUT2D eigenvalue weighted by Gasteiger charge is 2.50. The Labute approximate surface area is 128 Å². The summed E-state index contributed by atoms with van der Waals surface area (Å²) in [6.45, 7) is 9.74. The van der Waals surface area contributed by atoms with Gasteiger partial charge in [0.2, 0.25) is 0 Å². The van der Waals surface area contributed by atoms with Crippen LogP contribution in [0.2, 0.25) is 0 Å². The van der Waals surface area contributed by atoms with Gasteiger partial charge in [0.15, 0.2) is 0 Å². The SMILES string of the molecule is C[C@H]1CC[C@@](C)(COC(=O)CCc2ccccc2)C1(C)C. The lowest BCUT2D eigenvalue weighted by molar-refractivity contribution is -0.149. The topological polar surface area (TPSA) is 26.3 Å². The fourth-order valence-electron chi connectivity index (χ4n) is 3.27. The maximum absolute atomic E-state index is 12.0. The molecule has 0 bridgehead atoms. The first-order valence-corrected chi connectivity index (χ1v) is 8.05. The number of rotatable bonds is 5. The standard InChI is InChI=1S/C19H28O2/c1-15-12-13-19(4,18(15,2)3)14-21-17(20)11-10-16-8-6-5-7-9-16/h5-9,15H,10-14H2,1-4H3/t15-,19-/m0/s1. The predicted octanol–water partition coefficient (Wildman–Crippen LogP) is 4.62. The van der Waals surface area contributed by atoms with Crippen LogP contribution in [0.1, 0.15) is 52.5 Å². The molecule has 1 fully saturated rings. The van der Waals surface area contributed by atoms with Crippen LogP contribution < -0.4 is 0 Å². The lowest BCUT2D eigenvalue weighted by Crippen LogP contribution is -2.37. The molecule has 2 rings (SSSR count). The van der Waals surface area contributed by atoms with Gasteiger partial charge in [-0.3, -0.25) is 4.79 Å². The van der Waals surface area contributed by atoms with Crippen LogP contribution in [-0.4, -0.2) is 12.6 Å². The predicted molar refractivity (Wildman–Crippen MR) is 86.0 cm³/mol. The van der Waals surface area contributed by atoms with E-state index in [2.05, 4.69) is 39.8 Å². The Morgan fingerprint density at radius 2 is 1.90 bits per heavy atom. The zero-order valence-electron chi connectivity index (χ0n) is 13.8. The number of esters is 1. The van der Waals surface area contributed by atoms with Gasteiger partial charge in [-0.1, -0.05) is 58.0 Å². The average molecular weight is 288 g/mol. The Morgan fingerprint density at radius 3 is 2.48 bits per heavy atom. The molecule has 2 nitrogen and oxygen atoms in total. The van der Waals surface area contributed by atoms with Gasteiger partial charge in [-0.25, -0.2) is 0 Å². The van der Waals surface area contributed by atoms with E-state index in [0.717, 1.165) is 12.8 Å². The molecular weight excluding hydrogens is 260 g/mol. The lowest BCUT2D eigenvalue weighted by Gasteiger charge is -2.40. The molecule has 1 aromatic carbocycles. The van der Waals surface area contributed by atoms with Crippen LogP contribution in [0.3, 0.4) is 0 Å². The lowest BCUT2D eigenvalue weighted by atomic mass is 9.66. The Kier molecular flexibility index (Phi) is 4.75. The summed E-state index contributed by atoms with van der Waals surface area (Å²) in [5.41, 5.74) is 1.53. The maximum atomic E-state index is 12.0. The Hall–Kier alpha value is -1.31. The van der Waals surface area contributed by atoms with Gasteiger partial charge < -0.3 is 4.74 Å². The molecule has 0 aromatic heterocycles. The van der Waals surface area contributed by atoms with Crippen molar-refractivity contribution in [1.29, 1.82) is 0 Å². The molecule has 1 saturated carbocycles. The number of hydrogen-bond acceptors (Lipinski definition) is 2. The van der Waals surface area contributed by atoms with Crippen molar-refractivity contribution in [2.45, 2.75) is 53.4 Å². The van der Waals surface area contributed by atoms with Crippen molar-refractivity contribution in [1.82, 2.24) is 0 Å². The summed E-state index contributed by atoms with van der Waals surface area (Å²) in [5, 5.41) is 0. The molecule has 0 amide bonds. The smallest absolute Gasteiger partial charge is 0.306 e. The molecule has 0 heterocycles. The monoisotopic (exact) mass is 288 g/mol. The van der Waals surface area contributed by atoms with Crippen molar-refractivity contribution in [3.8, 4) is 0 Å². The highest BCUT2D eigenvalue weighted by Crippen LogP contribution is 2.55. The first kappa shape index (κ1) is 16.1. The van der Waals surface area contributed by atoms with Crippen LogP contribution in [0.15, 0.2) is 30.3 Å². The van der Waals surface area contributed by atoms with Gasteiger partial charge in [-0.15, -0.1) is 0 Å². The average Bonchev–Trinajstić information content (AvgIpc) is 2.68. The van der Waals surface area contributed by atoms with E-state index in [1.54, 1.807) is 0 Å². The summed E-state index contributed by atoms with van der Waals surface area (Å²) in [6, 6.07) is 10.1. The quantitative estimate of drug-likeness (QED) is 0.739. The first-order chi connectivity index (χ1) is 9.85. The summed E-state index contributed by atoms with van der Waals surface area (Å²) >= 11 is 0. The number of benzene rings is 1. The minimum Gasteiger partial charge on any atom is -0.465 e. The molecule has 0 aliphatic heterocycles. The minimum atomic E-state index is -0.0737. The minimum absolute atomic E-state index is 0.0737. The normalized spacial score (nSPS) is 27.5. The van der Waals surface area contributed by atoms with E-state index in [4.69, 9.17) is 4.74 Å². The first-order valence-electron chi connectivity index (χ1n) is 8.05. The van der Waals surface area contributed by atoms with E-state index >= 15 is 0 Å². The number of ether oxygens (including phenoxy) is 1. The highest BCUT2D eigenvalue weighted by molar-refractivity contribution is 5.69. The van der Waals surface area contributed by atoms with Crippen molar-refractivity contribution in [3.63, 3.8) is 0 Å². The van der Waals surface area contributed by atoms with Gasteiger partial charge in [0.25, 0.3) is 0 Å². The number of aryl methyl sites for hydroxylation is 1. The third kappa shape index (κ3) is 3.48. The summed E-state index contributed by atoms with van der Waals surface area (Å²) in [6.07, 6.45) is 3.60. The summed E-state index contributed by atoms with van der Waals surface area (Å²) < 4.78 is 5.60. The summed E-state index contributed by atoms with van der Waals surface area (Å²) in [7, 11) is 0. The summed E-state index contributed by atoms with van der Waals surface area (Å²) in [5.74, 6) is 0.612. The zero-order chi connectivity index (χ0) is 15.5. The van der Waals surface area contributed by atoms with Gasteiger partial charge in [0.05, 0.1) is 6.61 Å². The van der Waals surface area contributed by atoms with Crippen LogP contribution in [0.5, 0.6) is 0 Å². The van der Waals surface area contributed by atoms with Crippen molar-refractivity contribution >= 4 is 5.97 Å². The van der Waals surface area contributed by atoms with E-state index in [1.807, 2.05) is 18.2 Å². The van der Waals surface area contributed by atoms with Gasteiger partial charge in [0, 0.05) is 11.8 Å². The molecule has 1 aliphatic rings. The van der Waals surface area contributed by atoms with Gasteiger partial charge in [-0.05, 0) is 36.2 Å². The number of carbonyl (C=O) groups is 1. The van der Waals surface area contributed by atoms with Crippen molar-refractivity contribution < 1.29 is 9.53 Å². The molecule has 0 N–H and O–H groups in total. The molecule has 0 saturated heterocycles. The van der Waals surface area contributed by atoms with Gasteiger partial charge in [-0.2, -0.15) is 0 Å². The van der Waals surface area contributed by atoms with E-state index in [-0.39, 0.29) is 16.8 Å². The number of carbonyl (C=O) groups excluding carboxylic acids is 1. The largest absolute Gasteiger partial charge is 0.465 e. The van der Waals surface area contributed by atoms with Crippen LogP contribution in [0.25, 0.3) is 0 Å². The van der Waals surface area contributed by atoms with Gasteiger partial charge >= 0.3 is 5.97 Å². The molecule has 1 aliphatic carbocycles. The molecule has 116 valence electrons. The van der Waals surface area contributed by atoms with E-state index < -0.39 is 0 Å². The molecule has 21 heavy (non-hydrogen) atoms. The second kappa shape index (κ2) is 6.21. The summed E-state index contributed by atoms with van der Waals surface area (Å²) in [4.78, 5) is 12.0. The molecular formula is C19H28O2. The Balaban J connectivity index is 1.82. The molecule has 0 spiro atoms. The number of hydrogen-bond donors (Lipinski definition) is 0. The molecule has 1 aromatic rings. The van der Waals surface area contributed by atoms with E-state index in [0.29, 0.717) is 18.9 Å². The van der Waals surface area contributed by atoms with Crippen LogP contribution in [-0.2, 0) is 16.0 Å². The third-order valence-corrected chi connectivity index (χ3v) is 5.93. The van der Waals surface area contributed by atoms with E-state index in [1.165, 1.54) is 12.0 Å². The van der Waals surface area contributed by atoms with E-state index in [9.17, 15) is 4.79 Å². The fourth-order valence-corrected chi connectivity index (χ4v) is 3.27. The van der Waals surface area contributed by atoms with Crippen molar-refractivity contribution in [2.24, 2.45) is 16.7 Å². The maximum Gasteiger partial charge on any atom is 0.306 e. The molecule has 2 heteroatoms. The fraction of sp³-hybridized carbons (Fsp3) is 0.632. The van der Waals surface area contributed by atoms with Crippen LogP contribution in [0.4, 0.5) is 0 Å². The molecule has 2 atom stereocenters. The highest BCUT2D eigenvalue weighted by atomic mass is 16.5. The van der Waals surface area contributed by atoms with Crippen molar-refractivity contribution in [2.75, 3.05) is 6.61 Å². The molecule has 0 radical (unpaired) electrons. The zero-order valence-corrected chi connectivity index (χ0v) is 13.8. The van der Waals surface area contributed by atoms with Crippen molar-refractivity contribution in [3.05, 3.63) is 35.9 Å². The van der Waals surface area contributed by atoms with Crippen LogP contribution >= 0.6 is 0 Å². The Morgan fingerprint density at radius 1 is 1.24 bits per heavy atom. The van der Waals surface area contributed by atoms with Crippen LogP contribution in [0, 0.1) is 16.7 Å². The molecule has 0 unspecified atom stereocenters. The third-order valence-electron chi connectivity index (χ3n) is 5.93.